The second-order valence-electron chi connectivity index (χ2n) is 4.79. The Morgan fingerprint density at radius 3 is 2.20 bits per heavy atom. The first-order valence-electron chi connectivity index (χ1n) is 6.29. The highest BCUT2D eigenvalue weighted by Crippen LogP contribution is 2.24. The number of para-hydroxylation sites is 1. The van der Waals surface area contributed by atoms with Gasteiger partial charge in [0.1, 0.15) is 0 Å². The number of anilines is 2. The van der Waals surface area contributed by atoms with Gasteiger partial charge in [-0.25, -0.2) is 8.42 Å². The van der Waals surface area contributed by atoms with Gasteiger partial charge in [-0.3, -0.25) is 0 Å². The van der Waals surface area contributed by atoms with Crippen LogP contribution >= 0.6 is 0 Å². The number of hydrogen-bond acceptors (Lipinski definition) is 4. The van der Waals surface area contributed by atoms with Gasteiger partial charge in [-0.1, -0.05) is 18.2 Å². The molecule has 0 heterocycles. The first kappa shape index (κ1) is 14.4. The highest BCUT2D eigenvalue weighted by molar-refractivity contribution is 7.90. The summed E-state index contributed by atoms with van der Waals surface area (Å²) in [5, 5.41) is 3.30. The highest BCUT2D eigenvalue weighted by atomic mass is 32.2. The molecular formula is C15H18N2O2S. The monoisotopic (exact) mass is 290 g/mol. The summed E-state index contributed by atoms with van der Waals surface area (Å²) in [4.78, 5) is 0.315. The zero-order chi connectivity index (χ0) is 14.8. The van der Waals surface area contributed by atoms with Gasteiger partial charge in [0.05, 0.1) is 10.9 Å². The summed E-state index contributed by atoms with van der Waals surface area (Å²) in [5.41, 5.74) is 8.54. The van der Waals surface area contributed by atoms with Crippen molar-refractivity contribution in [1.82, 2.24) is 0 Å². The molecule has 0 bridgehead atoms. The van der Waals surface area contributed by atoms with E-state index in [4.69, 9.17) is 5.73 Å². The van der Waals surface area contributed by atoms with E-state index in [0.717, 1.165) is 16.9 Å². The predicted molar refractivity (Wildman–Crippen MR) is 82.4 cm³/mol. The Kier molecular flexibility index (Phi) is 3.99. The highest BCUT2D eigenvalue weighted by Gasteiger charge is 2.10. The largest absolute Gasteiger partial charge is 0.398 e. The Bertz CT molecular complexity index is 694. The maximum Gasteiger partial charge on any atom is 0.175 e. The second-order valence-corrected chi connectivity index (χ2v) is 6.81. The van der Waals surface area contributed by atoms with Crippen LogP contribution in [-0.4, -0.2) is 14.7 Å². The minimum absolute atomic E-state index is 0.0419. The van der Waals surface area contributed by atoms with Crippen molar-refractivity contribution in [3.05, 3.63) is 54.1 Å². The van der Waals surface area contributed by atoms with E-state index in [1.54, 1.807) is 24.3 Å². The second kappa shape index (κ2) is 5.54. The van der Waals surface area contributed by atoms with Crippen molar-refractivity contribution in [3.63, 3.8) is 0 Å². The maximum absolute atomic E-state index is 11.4. The average molecular weight is 290 g/mol. The van der Waals surface area contributed by atoms with Crippen LogP contribution in [0, 0.1) is 0 Å². The maximum atomic E-state index is 11.4. The number of rotatable bonds is 4. The molecule has 5 heteroatoms. The quantitative estimate of drug-likeness (QED) is 0.849. The summed E-state index contributed by atoms with van der Waals surface area (Å²) in [5.74, 6) is 0. The van der Waals surface area contributed by atoms with Crippen LogP contribution in [-0.2, 0) is 9.84 Å². The molecule has 0 saturated heterocycles. The molecule has 0 spiro atoms. The van der Waals surface area contributed by atoms with Gasteiger partial charge in [-0.05, 0) is 42.8 Å². The Morgan fingerprint density at radius 1 is 1.05 bits per heavy atom. The van der Waals surface area contributed by atoms with E-state index in [1.165, 1.54) is 6.26 Å². The van der Waals surface area contributed by atoms with Crippen molar-refractivity contribution in [2.24, 2.45) is 0 Å². The SMILES string of the molecule is CC(Nc1ccc(S(C)(=O)=O)cc1)c1ccccc1N. The molecule has 2 rings (SSSR count). The zero-order valence-electron chi connectivity index (χ0n) is 11.5. The fraction of sp³-hybridized carbons (Fsp3) is 0.200. The Labute approximate surface area is 119 Å². The molecule has 3 N–H and O–H groups in total. The summed E-state index contributed by atoms with van der Waals surface area (Å²) >= 11 is 0. The molecule has 0 fully saturated rings. The van der Waals surface area contributed by atoms with E-state index in [0.29, 0.717) is 4.90 Å². The molecule has 20 heavy (non-hydrogen) atoms. The molecular weight excluding hydrogens is 272 g/mol. The molecule has 2 aromatic carbocycles. The molecule has 4 nitrogen and oxygen atoms in total. The summed E-state index contributed by atoms with van der Waals surface area (Å²) in [6.07, 6.45) is 1.20. The molecule has 1 atom stereocenters. The Hall–Kier alpha value is -2.01. The van der Waals surface area contributed by atoms with Crippen LogP contribution < -0.4 is 11.1 Å². The predicted octanol–water partition coefficient (Wildman–Crippen LogP) is 2.85. The van der Waals surface area contributed by atoms with Crippen LogP contribution in [0.5, 0.6) is 0 Å². The molecule has 106 valence electrons. The third kappa shape index (κ3) is 3.30. The van der Waals surface area contributed by atoms with E-state index in [9.17, 15) is 8.42 Å². The molecule has 0 aliphatic carbocycles. The molecule has 0 amide bonds. The lowest BCUT2D eigenvalue weighted by atomic mass is 10.1. The van der Waals surface area contributed by atoms with E-state index in [-0.39, 0.29) is 6.04 Å². The van der Waals surface area contributed by atoms with E-state index >= 15 is 0 Å². The van der Waals surface area contributed by atoms with Crippen molar-refractivity contribution in [2.75, 3.05) is 17.3 Å². The van der Waals surface area contributed by atoms with Crippen LogP contribution in [0.25, 0.3) is 0 Å². The summed E-state index contributed by atoms with van der Waals surface area (Å²) < 4.78 is 22.8. The summed E-state index contributed by atoms with van der Waals surface area (Å²) in [6.45, 7) is 2.01. The van der Waals surface area contributed by atoms with Crippen LogP contribution in [0.3, 0.4) is 0 Å². The van der Waals surface area contributed by atoms with E-state index in [1.807, 2.05) is 31.2 Å². The smallest absolute Gasteiger partial charge is 0.175 e. The lowest BCUT2D eigenvalue weighted by Gasteiger charge is -2.17. The van der Waals surface area contributed by atoms with Gasteiger partial charge in [-0.15, -0.1) is 0 Å². The van der Waals surface area contributed by atoms with Crippen LogP contribution in [0.4, 0.5) is 11.4 Å². The third-order valence-electron chi connectivity index (χ3n) is 3.13. The van der Waals surface area contributed by atoms with E-state index in [2.05, 4.69) is 5.32 Å². The zero-order valence-corrected chi connectivity index (χ0v) is 12.3. The van der Waals surface area contributed by atoms with Crippen molar-refractivity contribution in [1.29, 1.82) is 0 Å². The fourth-order valence-electron chi connectivity index (χ4n) is 2.03. The molecule has 0 aromatic heterocycles. The normalized spacial score (nSPS) is 12.9. The number of benzene rings is 2. The topological polar surface area (TPSA) is 72.2 Å². The first-order valence-corrected chi connectivity index (χ1v) is 8.18. The number of nitrogen functional groups attached to an aromatic ring is 1. The number of sulfone groups is 1. The number of nitrogens with two attached hydrogens (primary N) is 1. The Morgan fingerprint density at radius 2 is 1.65 bits per heavy atom. The molecule has 0 aliphatic heterocycles. The summed E-state index contributed by atoms with van der Waals surface area (Å²) in [6, 6.07) is 14.4. The average Bonchev–Trinajstić information content (AvgIpc) is 2.38. The molecule has 0 aliphatic rings. The standard InChI is InChI=1S/C15H18N2O2S/c1-11(14-5-3-4-6-15(14)16)17-12-7-9-13(10-8-12)20(2,18)19/h3-11,17H,16H2,1-2H3. The van der Waals surface area contributed by atoms with Crippen molar-refractivity contribution < 1.29 is 8.42 Å². The minimum Gasteiger partial charge on any atom is -0.398 e. The van der Waals surface area contributed by atoms with Crippen molar-refractivity contribution in [3.8, 4) is 0 Å². The van der Waals surface area contributed by atoms with Crippen LogP contribution in [0.1, 0.15) is 18.5 Å². The third-order valence-corrected chi connectivity index (χ3v) is 4.26. The van der Waals surface area contributed by atoms with Gasteiger partial charge in [0.15, 0.2) is 9.84 Å². The lowest BCUT2D eigenvalue weighted by molar-refractivity contribution is 0.602. The molecule has 0 saturated carbocycles. The Balaban J connectivity index is 2.17. The molecule has 0 radical (unpaired) electrons. The number of nitrogens with one attached hydrogen (secondary N) is 1. The van der Waals surface area contributed by atoms with Crippen LogP contribution in [0.15, 0.2) is 53.4 Å². The lowest BCUT2D eigenvalue weighted by Crippen LogP contribution is -2.09. The minimum atomic E-state index is -3.15. The van der Waals surface area contributed by atoms with Gasteiger partial charge in [0.25, 0.3) is 0 Å². The van der Waals surface area contributed by atoms with Gasteiger partial charge in [-0.2, -0.15) is 0 Å². The fourth-order valence-corrected chi connectivity index (χ4v) is 2.66. The summed E-state index contributed by atoms with van der Waals surface area (Å²) in [7, 11) is -3.15. The molecule has 2 aromatic rings. The van der Waals surface area contributed by atoms with Gasteiger partial charge >= 0.3 is 0 Å². The van der Waals surface area contributed by atoms with Crippen molar-refractivity contribution in [2.45, 2.75) is 17.9 Å². The molecule has 1 unspecified atom stereocenters. The van der Waals surface area contributed by atoms with Crippen LogP contribution in [0.2, 0.25) is 0 Å². The van der Waals surface area contributed by atoms with E-state index < -0.39 is 9.84 Å². The van der Waals surface area contributed by atoms with Gasteiger partial charge < -0.3 is 11.1 Å². The van der Waals surface area contributed by atoms with Gasteiger partial charge in [0.2, 0.25) is 0 Å². The first-order chi connectivity index (χ1) is 9.38. The van der Waals surface area contributed by atoms with Gasteiger partial charge in [0, 0.05) is 17.6 Å². The van der Waals surface area contributed by atoms with Crippen molar-refractivity contribution >= 4 is 21.2 Å². The number of hydrogen-bond donors (Lipinski definition) is 2.